The van der Waals surface area contributed by atoms with Gasteiger partial charge in [0.2, 0.25) is 5.91 Å². The number of benzene rings is 1. The van der Waals surface area contributed by atoms with Crippen LogP contribution in [0, 0.1) is 17.8 Å². The molecule has 2 aromatic heterocycles. The minimum absolute atomic E-state index is 0.0393. The molecule has 3 rings (SSSR count). The minimum Gasteiger partial charge on any atom is -0.352 e. The van der Waals surface area contributed by atoms with Crippen LogP contribution in [0.15, 0.2) is 47.5 Å². The quantitative estimate of drug-likeness (QED) is 0.614. The number of hydrogen-bond donors (Lipinski definition) is 2. The van der Waals surface area contributed by atoms with Crippen LogP contribution in [0.3, 0.4) is 0 Å². The summed E-state index contributed by atoms with van der Waals surface area (Å²) in [4.78, 5) is 35.7. The van der Waals surface area contributed by atoms with Gasteiger partial charge >= 0.3 is 0 Å². The molecule has 0 aliphatic carbocycles. The van der Waals surface area contributed by atoms with Crippen molar-refractivity contribution in [2.75, 3.05) is 0 Å². The maximum Gasteiger partial charge on any atom is 0.251 e. The molecule has 0 bridgehead atoms. The Labute approximate surface area is 179 Å². The first kappa shape index (κ1) is 21.3. The lowest BCUT2D eigenvalue weighted by molar-refractivity contribution is -0.124. The highest BCUT2D eigenvalue weighted by atomic mass is 35.5. The number of hydrogen-bond acceptors (Lipinski definition) is 4. The Morgan fingerprint density at radius 3 is 2.77 bits per heavy atom. The van der Waals surface area contributed by atoms with Crippen LogP contribution in [0.1, 0.15) is 31.9 Å². The molecule has 30 heavy (non-hydrogen) atoms. The van der Waals surface area contributed by atoms with E-state index in [1.54, 1.807) is 25.4 Å². The molecule has 0 unspecified atom stereocenters. The molecule has 6 nitrogen and oxygen atoms in total. The molecule has 0 saturated carbocycles. The molecule has 0 fully saturated rings. The highest BCUT2D eigenvalue weighted by Gasteiger charge is 2.12. The number of nitrogens with one attached hydrogen (secondary N) is 2. The fraction of sp³-hybridized carbons (Fsp3) is 0.217. The van der Waals surface area contributed by atoms with Gasteiger partial charge in [-0.05, 0) is 30.7 Å². The fourth-order valence-corrected chi connectivity index (χ4v) is 2.99. The molecule has 0 atom stereocenters. The number of carbonyl (C=O) groups excluding carboxylic acids is 1. The number of halogens is 1. The second-order valence-corrected chi connectivity index (χ2v) is 7.41. The molecule has 0 aliphatic heterocycles. The van der Waals surface area contributed by atoms with Gasteiger partial charge in [-0.15, -0.1) is 5.92 Å². The van der Waals surface area contributed by atoms with Gasteiger partial charge < -0.3 is 10.3 Å². The zero-order valence-corrected chi connectivity index (χ0v) is 17.7. The van der Waals surface area contributed by atoms with Crippen LogP contribution in [-0.4, -0.2) is 20.9 Å². The molecule has 0 radical (unpaired) electrons. The molecule has 0 spiro atoms. The number of pyridine rings is 1. The molecule has 1 aromatic carbocycles. The maximum atomic E-state index is 12.3. The van der Waals surface area contributed by atoms with Gasteiger partial charge in [0.25, 0.3) is 5.56 Å². The van der Waals surface area contributed by atoms with E-state index in [0.29, 0.717) is 34.2 Å². The second-order valence-electron chi connectivity index (χ2n) is 7.00. The van der Waals surface area contributed by atoms with Crippen molar-refractivity contribution in [1.82, 2.24) is 20.3 Å². The molecule has 0 saturated heterocycles. The molecule has 152 valence electrons. The van der Waals surface area contributed by atoms with Crippen molar-refractivity contribution in [1.29, 1.82) is 0 Å². The molecule has 7 heteroatoms. The smallest absolute Gasteiger partial charge is 0.251 e. The minimum atomic E-state index is -0.309. The Morgan fingerprint density at radius 1 is 1.23 bits per heavy atom. The Kier molecular flexibility index (Phi) is 6.65. The summed E-state index contributed by atoms with van der Waals surface area (Å²) in [6, 6.07) is 8.59. The van der Waals surface area contributed by atoms with E-state index in [2.05, 4.69) is 32.1 Å². The Morgan fingerprint density at radius 2 is 2.03 bits per heavy atom. The Bertz CT molecular complexity index is 1210. The van der Waals surface area contributed by atoms with Gasteiger partial charge in [-0.1, -0.05) is 37.4 Å². The number of nitrogens with zero attached hydrogens (tertiary/aromatic N) is 2. The number of aromatic amines is 1. The van der Waals surface area contributed by atoms with Gasteiger partial charge in [0, 0.05) is 47.6 Å². The Balaban J connectivity index is 1.99. The Hall–Kier alpha value is -3.43. The van der Waals surface area contributed by atoms with Gasteiger partial charge in [0.05, 0.1) is 10.7 Å². The lowest BCUT2D eigenvalue weighted by Gasteiger charge is -2.11. The number of carbonyl (C=O) groups is 1. The van der Waals surface area contributed by atoms with Crippen molar-refractivity contribution >= 4 is 17.5 Å². The van der Waals surface area contributed by atoms with E-state index in [1.165, 1.54) is 6.07 Å². The summed E-state index contributed by atoms with van der Waals surface area (Å²) in [7, 11) is 0. The van der Waals surface area contributed by atoms with E-state index in [1.807, 2.05) is 32.0 Å². The lowest BCUT2D eigenvalue weighted by atomic mass is 10.1. The van der Waals surface area contributed by atoms with E-state index in [4.69, 9.17) is 11.6 Å². The first-order valence-electron chi connectivity index (χ1n) is 9.43. The van der Waals surface area contributed by atoms with Crippen molar-refractivity contribution in [3.63, 3.8) is 0 Å². The summed E-state index contributed by atoms with van der Waals surface area (Å²) in [5.74, 6) is 5.97. The van der Waals surface area contributed by atoms with Crippen molar-refractivity contribution in [2.24, 2.45) is 5.92 Å². The standard InChI is InChI=1S/C23H21ClN4O2/c1-4-5-15-8-17(13-25-11-15)20-10-21(29)28-22(27-20)18-9-16(6-7-19(18)24)12-26-23(30)14(2)3/h6-11,13-14H,12H2,1-3H3,(H,26,30)(H,27,28,29). The van der Waals surface area contributed by atoms with E-state index < -0.39 is 0 Å². The largest absolute Gasteiger partial charge is 0.352 e. The van der Waals surface area contributed by atoms with Crippen molar-refractivity contribution < 1.29 is 4.79 Å². The second kappa shape index (κ2) is 9.38. The third-order valence-electron chi connectivity index (χ3n) is 4.32. The summed E-state index contributed by atoms with van der Waals surface area (Å²) in [5.41, 5.74) is 2.99. The van der Waals surface area contributed by atoms with Gasteiger partial charge in [-0.25, -0.2) is 4.98 Å². The lowest BCUT2D eigenvalue weighted by Crippen LogP contribution is -2.27. The topological polar surface area (TPSA) is 87.7 Å². The predicted octanol–water partition coefficient (Wildman–Crippen LogP) is 3.80. The van der Waals surface area contributed by atoms with Crippen LogP contribution >= 0.6 is 11.6 Å². The molecule has 1 amide bonds. The number of aromatic nitrogens is 3. The van der Waals surface area contributed by atoms with Gasteiger partial charge in [-0.3, -0.25) is 14.6 Å². The molecule has 0 aliphatic rings. The summed E-state index contributed by atoms with van der Waals surface area (Å²) in [6.07, 6.45) is 3.28. The van der Waals surface area contributed by atoms with Crippen LogP contribution in [0.2, 0.25) is 5.02 Å². The average Bonchev–Trinajstić information content (AvgIpc) is 2.72. The van der Waals surface area contributed by atoms with E-state index in [-0.39, 0.29) is 17.4 Å². The summed E-state index contributed by atoms with van der Waals surface area (Å²) >= 11 is 6.38. The molecular weight excluding hydrogens is 400 g/mol. The maximum absolute atomic E-state index is 12.3. The third kappa shape index (κ3) is 5.13. The van der Waals surface area contributed by atoms with E-state index >= 15 is 0 Å². The van der Waals surface area contributed by atoms with Crippen molar-refractivity contribution in [3.05, 3.63) is 69.2 Å². The van der Waals surface area contributed by atoms with Gasteiger partial charge in [0.15, 0.2) is 0 Å². The first-order valence-corrected chi connectivity index (χ1v) is 9.81. The van der Waals surface area contributed by atoms with Crippen LogP contribution in [-0.2, 0) is 11.3 Å². The van der Waals surface area contributed by atoms with Crippen LogP contribution in [0.5, 0.6) is 0 Å². The monoisotopic (exact) mass is 420 g/mol. The highest BCUT2D eigenvalue weighted by molar-refractivity contribution is 6.33. The summed E-state index contributed by atoms with van der Waals surface area (Å²) in [5, 5.41) is 3.31. The fourth-order valence-electron chi connectivity index (χ4n) is 2.78. The van der Waals surface area contributed by atoms with Crippen LogP contribution in [0.4, 0.5) is 0 Å². The zero-order chi connectivity index (χ0) is 21.7. The van der Waals surface area contributed by atoms with Crippen molar-refractivity contribution in [3.8, 4) is 34.5 Å². The highest BCUT2D eigenvalue weighted by Crippen LogP contribution is 2.27. The van der Waals surface area contributed by atoms with E-state index in [9.17, 15) is 9.59 Å². The van der Waals surface area contributed by atoms with Crippen LogP contribution < -0.4 is 10.9 Å². The number of H-pyrrole nitrogens is 1. The van der Waals surface area contributed by atoms with E-state index in [0.717, 1.165) is 11.1 Å². The van der Waals surface area contributed by atoms with Crippen LogP contribution in [0.25, 0.3) is 22.6 Å². The first-order chi connectivity index (χ1) is 14.4. The normalized spacial score (nSPS) is 10.4. The van der Waals surface area contributed by atoms with Gasteiger partial charge in [-0.2, -0.15) is 0 Å². The molecule has 2 heterocycles. The zero-order valence-electron chi connectivity index (χ0n) is 16.9. The van der Waals surface area contributed by atoms with Crippen molar-refractivity contribution in [2.45, 2.75) is 27.3 Å². The van der Waals surface area contributed by atoms with Gasteiger partial charge in [0.1, 0.15) is 5.82 Å². The molecule has 2 N–H and O–H groups in total. The number of rotatable bonds is 5. The SMILES string of the molecule is CC#Cc1cncc(-c2cc(=O)[nH]c(-c3cc(CNC(=O)C(C)C)ccc3Cl)n2)c1. The summed E-state index contributed by atoms with van der Waals surface area (Å²) < 4.78 is 0. The predicted molar refractivity (Wildman–Crippen MR) is 118 cm³/mol. The molecule has 3 aromatic rings. The number of amides is 1. The average molecular weight is 421 g/mol. The molecular formula is C23H21ClN4O2. The summed E-state index contributed by atoms with van der Waals surface area (Å²) in [6.45, 7) is 5.76. The third-order valence-corrected chi connectivity index (χ3v) is 4.65.